The van der Waals surface area contributed by atoms with E-state index in [1.807, 2.05) is 55.5 Å². The number of hydrogen-bond donors (Lipinski definition) is 1. The van der Waals surface area contributed by atoms with Crippen molar-refractivity contribution in [2.75, 3.05) is 13.1 Å². The maximum atomic E-state index is 12.5. The number of rotatable bonds is 7. The SMILES string of the molecule is C[C@H](NC(=O)CCc1ccccc1)c1nnc2n1CCN(Cc1ccccc1Cl)CC2. The van der Waals surface area contributed by atoms with Gasteiger partial charge in [0.15, 0.2) is 5.82 Å². The number of nitrogens with one attached hydrogen (secondary N) is 1. The van der Waals surface area contributed by atoms with E-state index in [9.17, 15) is 4.79 Å². The standard InChI is InChI=1S/C24H28ClN5O/c1-18(26-23(31)12-11-19-7-3-2-4-8-19)24-28-27-22-13-14-29(15-16-30(22)24)17-20-9-5-6-10-21(20)25/h2-10,18H,11-17H2,1H3,(H,26,31)/t18-/m0/s1. The van der Waals surface area contributed by atoms with Gasteiger partial charge >= 0.3 is 0 Å². The fourth-order valence-electron chi connectivity index (χ4n) is 4.02. The van der Waals surface area contributed by atoms with Gasteiger partial charge in [-0.15, -0.1) is 10.2 Å². The van der Waals surface area contributed by atoms with Gasteiger partial charge in [0.05, 0.1) is 6.04 Å². The zero-order chi connectivity index (χ0) is 21.6. The number of aryl methyl sites for hydroxylation is 1. The minimum Gasteiger partial charge on any atom is -0.346 e. The summed E-state index contributed by atoms with van der Waals surface area (Å²) in [5.74, 6) is 1.83. The van der Waals surface area contributed by atoms with E-state index in [0.717, 1.165) is 61.3 Å². The Kier molecular flexibility index (Phi) is 6.99. The molecular formula is C24H28ClN5O. The van der Waals surface area contributed by atoms with Crippen LogP contribution in [0.2, 0.25) is 5.02 Å². The van der Waals surface area contributed by atoms with Crippen LogP contribution in [0.3, 0.4) is 0 Å². The smallest absolute Gasteiger partial charge is 0.220 e. The quantitative estimate of drug-likeness (QED) is 0.610. The number of nitrogens with zero attached hydrogens (tertiary/aromatic N) is 4. The number of fused-ring (bicyclic) bond motifs is 1. The summed E-state index contributed by atoms with van der Waals surface area (Å²) in [4.78, 5) is 14.8. The summed E-state index contributed by atoms with van der Waals surface area (Å²) < 4.78 is 2.16. The normalized spacial score (nSPS) is 15.2. The molecule has 6 nitrogen and oxygen atoms in total. The minimum absolute atomic E-state index is 0.0303. The highest BCUT2D eigenvalue weighted by molar-refractivity contribution is 6.31. The number of benzene rings is 2. The zero-order valence-corrected chi connectivity index (χ0v) is 18.6. The maximum absolute atomic E-state index is 12.5. The number of carbonyl (C=O) groups is 1. The molecule has 162 valence electrons. The van der Waals surface area contributed by atoms with Crippen LogP contribution in [0, 0.1) is 0 Å². The molecule has 1 amide bonds. The van der Waals surface area contributed by atoms with Crippen molar-refractivity contribution in [2.24, 2.45) is 0 Å². The zero-order valence-electron chi connectivity index (χ0n) is 17.8. The molecule has 0 unspecified atom stereocenters. The van der Waals surface area contributed by atoms with Crippen LogP contribution >= 0.6 is 11.6 Å². The average molecular weight is 438 g/mol. The highest BCUT2D eigenvalue weighted by Gasteiger charge is 2.23. The fraction of sp³-hybridized carbons (Fsp3) is 0.375. The Morgan fingerprint density at radius 1 is 1.06 bits per heavy atom. The summed E-state index contributed by atoms with van der Waals surface area (Å²) in [5, 5.41) is 12.7. The number of hydrogen-bond acceptors (Lipinski definition) is 4. The number of halogens is 1. The predicted molar refractivity (Wildman–Crippen MR) is 122 cm³/mol. The molecule has 0 saturated heterocycles. The van der Waals surface area contributed by atoms with Crippen molar-refractivity contribution in [3.8, 4) is 0 Å². The van der Waals surface area contributed by atoms with Gasteiger partial charge in [0, 0.05) is 44.0 Å². The van der Waals surface area contributed by atoms with Gasteiger partial charge in [0.2, 0.25) is 5.91 Å². The molecule has 0 aliphatic carbocycles. The Morgan fingerprint density at radius 2 is 1.84 bits per heavy atom. The van der Waals surface area contributed by atoms with E-state index < -0.39 is 0 Å². The van der Waals surface area contributed by atoms with Gasteiger partial charge in [-0.1, -0.05) is 60.1 Å². The number of aromatic nitrogens is 3. The van der Waals surface area contributed by atoms with Crippen LogP contribution < -0.4 is 5.32 Å². The molecule has 1 N–H and O–H groups in total. The Balaban J connectivity index is 1.34. The molecule has 0 radical (unpaired) electrons. The third-order valence-corrected chi connectivity index (χ3v) is 6.12. The molecule has 1 aliphatic heterocycles. The molecule has 0 spiro atoms. The molecule has 1 atom stereocenters. The lowest BCUT2D eigenvalue weighted by atomic mass is 10.1. The number of amides is 1. The Labute approximate surface area is 188 Å². The Morgan fingerprint density at radius 3 is 2.65 bits per heavy atom. The van der Waals surface area contributed by atoms with Crippen LogP contribution in [0.5, 0.6) is 0 Å². The summed E-state index contributed by atoms with van der Waals surface area (Å²) in [6, 6.07) is 17.9. The van der Waals surface area contributed by atoms with Crippen LogP contribution in [-0.4, -0.2) is 38.7 Å². The van der Waals surface area contributed by atoms with Crippen molar-refractivity contribution >= 4 is 17.5 Å². The first-order valence-corrected chi connectivity index (χ1v) is 11.2. The molecule has 31 heavy (non-hydrogen) atoms. The van der Waals surface area contributed by atoms with E-state index >= 15 is 0 Å². The molecule has 0 bridgehead atoms. The van der Waals surface area contributed by atoms with Crippen LogP contribution in [-0.2, 0) is 30.7 Å². The van der Waals surface area contributed by atoms with Crippen molar-refractivity contribution in [2.45, 2.75) is 45.3 Å². The molecule has 0 fully saturated rings. The molecule has 1 aliphatic rings. The van der Waals surface area contributed by atoms with Crippen LogP contribution in [0.15, 0.2) is 54.6 Å². The third kappa shape index (κ3) is 5.51. The maximum Gasteiger partial charge on any atom is 0.220 e. The van der Waals surface area contributed by atoms with E-state index in [0.29, 0.717) is 6.42 Å². The second-order valence-corrected chi connectivity index (χ2v) is 8.43. The molecule has 1 aromatic heterocycles. The number of carbonyl (C=O) groups excluding carboxylic acids is 1. The second-order valence-electron chi connectivity index (χ2n) is 8.02. The summed E-state index contributed by atoms with van der Waals surface area (Å²) in [6.07, 6.45) is 2.02. The van der Waals surface area contributed by atoms with Crippen LogP contribution in [0.4, 0.5) is 0 Å². The lowest BCUT2D eigenvalue weighted by Gasteiger charge is -2.20. The minimum atomic E-state index is -0.181. The van der Waals surface area contributed by atoms with Crippen molar-refractivity contribution in [1.82, 2.24) is 25.0 Å². The highest BCUT2D eigenvalue weighted by Crippen LogP contribution is 2.20. The first-order chi connectivity index (χ1) is 15.1. The van der Waals surface area contributed by atoms with Gasteiger partial charge < -0.3 is 9.88 Å². The van der Waals surface area contributed by atoms with Crippen LogP contribution in [0.1, 0.15) is 42.2 Å². The summed E-state index contributed by atoms with van der Waals surface area (Å²) >= 11 is 6.34. The molecule has 7 heteroatoms. The monoisotopic (exact) mass is 437 g/mol. The third-order valence-electron chi connectivity index (χ3n) is 5.75. The topological polar surface area (TPSA) is 63.1 Å². The molecular weight excluding hydrogens is 410 g/mol. The first-order valence-electron chi connectivity index (χ1n) is 10.8. The van der Waals surface area contributed by atoms with Crippen LogP contribution in [0.25, 0.3) is 0 Å². The lowest BCUT2D eigenvalue weighted by molar-refractivity contribution is -0.121. The van der Waals surface area contributed by atoms with Gasteiger partial charge in [0.1, 0.15) is 5.82 Å². The van der Waals surface area contributed by atoms with E-state index in [-0.39, 0.29) is 11.9 Å². The van der Waals surface area contributed by atoms with Crippen molar-refractivity contribution in [1.29, 1.82) is 0 Å². The Bertz CT molecular complexity index is 1020. The summed E-state index contributed by atoms with van der Waals surface area (Å²) in [7, 11) is 0. The molecule has 4 rings (SSSR count). The molecule has 2 aromatic carbocycles. The molecule has 0 saturated carbocycles. The summed E-state index contributed by atoms with van der Waals surface area (Å²) in [5.41, 5.74) is 2.31. The van der Waals surface area contributed by atoms with Crippen molar-refractivity contribution in [3.63, 3.8) is 0 Å². The van der Waals surface area contributed by atoms with Gasteiger partial charge in [-0.2, -0.15) is 0 Å². The van der Waals surface area contributed by atoms with E-state index in [2.05, 4.69) is 31.0 Å². The van der Waals surface area contributed by atoms with Gasteiger partial charge in [0.25, 0.3) is 0 Å². The second kappa shape index (κ2) is 10.1. The fourth-order valence-corrected chi connectivity index (χ4v) is 4.21. The molecule has 3 aromatic rings. The van der Waals surface area contributed by atoms with Gasteiger partial charge in [-0.3, -0.25) is 9.69 Å². The average Bonchev–Trinajstić information content (AvgIpc) is 3.09. The van der Waals surface area contributed by atoms with E-state index in [1.165, 1.54) is 5.56 Å². The van der Waals surface area contributed by atoms with Crippen molar-refractivity contribution in [3.05, 3.63) is 82.4 Å². The van der Waals surface area contributed by atoms with E-state index in [1.54, 1.807) is 0 Å². The van der Waals surface area contributed by atoms with Crippen molar-refractivity contribution < 1.29 is 4.79 Å². The first kappa shape index (κ1) is 21.5. The van der Waals surface area contributed by atoms with E-state index in [4.69, 9.17) is 11.6 Å². The molecule has 2 heterocycles. The van der Waals surface area contributed by atoms with Gasteiger partial charge in [-0.05, 0) is 30.5 Å². The lowest BCUT2D eigenvalue weighted by Crippen LogP contribution is -2.30. The highest BCUT2D eigenvalue weighted by atomic mass is 35.5. The largest absolute Gasteiger partial charge is 0.346 e. The van der Waals surface area contributed by atoms with Gasteiger partial charge in [-0.25, -0.2) is 0 Å². The Hall–Kier alpha value is -2.70. The predicted octanol–water partition coefficient (Wildman–Crippen LogP) is 3.80. The summed E-state index contributed by atoms with van der Waals surface area (Å²) in [6.45, 7) is 5.38.